The molecule has 174 valence electrons. The van der Waals surface area contributed by atoms with Crippen molar-refractivity contribution in [3.8, 4) is 17.2 Å². The Hall–Kier alpha value is -4.44. The lowest BCUT2D eigenvalue weighted by molar-refractivity contribution is -0.384. The second kappa shape index (κ2) is 8.41. The van der Waals surface area contributed by atoms with E-state index in [4.69, 9.17) is 21.7 Å². The first-order valence-electron chi connectivity index (χ1n) is 10.9. The van der Waals surface area contributed by atoms with E-state index >= 15 is 0 Å². The lowest BCUT2D eigenvalue weighted by atomic mass is 10.0. The van der Waals surface area contributed by atoms with E-state index in [0.717, 1.165) is 17.1 Å². The third kappa shape index (κ3) is 3.64. The summed E-state index contributed by atoms with van der Waals surface area (Å²) < 4.78 is 13.0. The van der Waals surface area contributed by atoms with Crippen LogP contribution in [0.1, 0.15) is 23.5 Å². The predicted octanol–water partition coefficient (Wildman–Crippen LogP) is 4.69. The molecule has 0 spiro atoms. The van der Waals surface area contributed by atoms with E-state index in [1.54, 1.807) is 18.3 Å². The van der Waals surface area contributed by atoms with Crippen molar-refractivity contribution in [3.05, 3.63) is 107 Å². The minimum absolute atomic E-state index is 0.0242. The molecule has 2 aromatic heterocycles. The Morgan fingerprint density at radius 1 is 1.00 bits per heavy atom. The van der Waals surface area contributed by atoms with Gasteiger partial charge in [0.25, 0.3) is 5.69 Å². The lowest BCUT2D eigenvalue weighted by Gasteiger charge is -2.29. The van der Waals surface area contributed by atoms with Gasteiger partial charge in [0.1, 0.15) is 6.04 Å². The quantitative estimate of drug-likeness (QED) is 0.247. The fraction of sp³-hybridized carbons (Fsp3) is 0.120. The lowest BCUT2D eigenvalue weighted by Crippen LogP contribution is -2.30. The summed E-state index contributed by atoms with van der Waals surface area (Å²) in [7, 11) is 0. The zero-order valence-corrected chi connectivity index (χ0v) is 19.1. The average Bonchev–Trinajstić information content (AvgIpc) is 3.62. The van der Waals surface area contributed by atoms with Crippen molar-refractivity contribution in [2.24, 2.45) is 0 Å². The Bertz CT molecular complexity index is 1440. The van der Waals surface area contributed by atoms with E-state index in [9.17, 15) is 10.1 Å². The number of hydrogen-bond donors (Lipinski definition) is 1. The molecule has 0 bridgehead atoms. The summed E-state index contributed by atoms with van der Waals surface area (Å²) in [6.45, 7) is 0.178. The molecule has 6 rings (SSSR count). The third-order valence-corrected chi connectivity index (χ3v) is 6.45. The minimum atomic E-state index is -0.394. The molecule has 1 N–H and O–H groups in total. The Kier molecular flexibility index (Phi) is 5.07. The molecular weight excluding hydrogens is 466 g/mol. The summed E-state index contributed by atoms with van der Waals surface area (Å²) in [4.78, 5) is 17.6. The van der Waals surface area contributed by atoms with Gasteiger partial charge in [-0.25, -0.2) is 0 Å². The molecule has 0 aliphatic carbocycles. The smallest absolute Gasteiger partial charge is 0.271 e. The van der Waals surface area contributed by atoms with E-state index in [0.29, 0.717) is 22.3 Å². The Balaban J connectivity index is 1.50. The summed E-state index contributed by atoms with van der Waals surface area (Å²) >= 11 is 5.81. The Morgan fingerprint density at radius 3 is 2.71 bits per heavy atom. The van der Waals surface area contributed by atoms with Gasteiger partial charge >= 0.3 is 0 Å². The number of thiocarbonyl (C=S) groups is 1. The van der Waals surface area contributed by atoms with Crippen LogP contribution in [0.4, 0.5) is 11.4 Å². The van der Waals surface area contributed by atoms with Gasteiger partial charge in [-0.2, -0.15) is 0 Å². The highest BCUT2D eigenvalue weighted by atomic mass is 32.1. The molecule has 9 nitrogen and oxygen atoms in total. The van der Waals surface area contributed by atoms with Gasteiger partial charge in [-0.3, -0.25) is 15.1 Å². The summed E-state index contributed by atoms with van der Waals surface area (Å²) in [6.07, 6.45) is 3.64. The van der Waals surface area contributed by atoms with Gasteiger partial charge in [-0.05, 0) is 54.7 Å². The van der Waals surface area contributed by atoms with Gasteiger partial charge in [-0.1, -0.05) is 12.1 Å². The number of fused-ring (bicyclic) bond motifs is 1. The summed E-state index contributed by atoms with van der Waals surface area (Å²) in [5.41, 5.74) is 3.27. The molecule has 0 radical (unpaired) electrons. The highest BCUT2D eigenvalue weighted by molar-refractivity contribution is 7.80. The molecule has 4 aromatic rings. The van der Waals surface area contributed by atoms with Gasteiger partial charge in [0.2, 0.25) is 6.79 Å². The van der Waals surface area contributed by atoms with Gasteiger partial charge in [0.05, 0.1) is 22.3 Å². The van der Waals surface area contributed by atoms with Crippen molar-refractivity contribution in [1.82, 2.24) is 14.9 Å². The molecule has 2 aromatic carbocycles. The topological polar surface area (TPSA) is 94.7 Å². The molecule has 4 heterocycles. The number of benzene rings is 2. The van der Waals surface area contributed by atoms with Crippen molar-refractivity contribution in [2.45, 2.75) is 12.1 Å². The van der Waals surface area contributed by atoms with Crippen molar-refractivity contribution in [2.75, 3.05) is 11.7 Å². The number of hydrogen-bond acceptors (Lipinski definition) is 6. The van der Waals surface area contributed by atoms with Crippen LogP contribution < -0.4 is 19.7 Å². The first-order chi connectivity index (χ1) is 17.1. The number of rotatable bonds is 5. The van der Waals surface area contributed by atoms with E-state index < -0.39 is 4.92 Å². The third-order valence-electron chi connectivity index (χ3n) is 6.13. The fourth-order valence-corrected chi connectivity index (χ4v) is 4.94. The average molecular weight is 486 g/mol. The van der Waals surface area contributed by atoms with E-state index in [1.807, 2.05) is 70.3 Å². The summed E-state index contributed by atoms with van der Waals surface area (Å²) in [6, 6.07) is 21.4. The number of nitro benzene ring substituents is 1. The van der Waals surface area contributed by atoms with E-state index in [2.05, 4.69) is 10.3 Å². The Morgan fingerprint density at radius 2 is 1.89 bits per heavy atom. The predicted molar refractivity (Wildman–Crippen MR) is 133 cm³/mol. The van der Waals surface area contributed by atoms with E-state index in [-0.39, 0.29) is 24.6 Å². The van der Waals surface area contributed by atoms with Gasteiger partial charge in [0, 0.05) is 42.0 Å². The molecule has 0 amide bonds. The second-order valence-electron chi connectivity index (χ2n) is 8.11. The van der Waals surface area contributed by atoms with Crippen LogP contribution in [0, 0.1) is 10.1 Å². The molecule has 0 unspecified atom stereocenters. The highest BCUT2D eigenvalue weighted by Gasteiger charge is 2.42. The van der Waals surface area contributed by atoms with Gasteiger partial charge < -0.3 is 24.3 Å². The number of non-ortho nitro benzene ring substituents is 1. The number of nitrogens with one attached hydrogen (secondary N) is 1. The van der Waals surface area contributed by atoms with Gasteiger partial charge in [-0.15, -0.1) is 0 Å². The summed E-state index contributed by atoms with van der Waals surface area (Å²) in [5.74, 6) is 1.34. The number of nitro groups is 1. The highest BCUT2D eigenvalue weighted by Crippen LogP contribution is 2.45. The molecular formula is C25H19N5O4S. The number of aromatic nitrogens is 2. The van der Waals surface area contributed by atoms with Crippen LogP contribution >= 0.6 is 12.2 Å². The number of nitrogens with zero attached hydrogens (tertiary/aromatic N) is 4. The van der Waals surface area contributed by atoms with Crippen molar-refractivity contribution in [3.63, 3.8) is 0 Å². The largest absolute Gasteiger partial charge is 0.454 e. The van der Waals surface area contributed by atoms with Crippen LogP contribution in [0.15, 0.2) is 85.2 Å². The molecule has 35 heavy (non-hydrogen) atoms. The summed E-state index contributed by atoms with van der Waals surface area (Å²) in [5, 5.41) is 15.4. The zero-order chi connectivity index (χ0) is 23.9. The van der Waals surface area contributed by atoms with Crippen molar-refractivity contribution >= 4 is 28.7 Å². The van der Waals surface area contributed by atoms with Crippen LogP contribution in [0.3, 0.4) is 0 Å². The van der Waals surface area contributed by atoms with Crippen molar-refractivity contribution in [1.29, 1.82) is 0 Å². The maximum atomic E-state index is 11.4. The van der Waals surface area contributed by atoms with Crippen LogP contribution in [-0.4, -0.2) is 26.4 Å². The first kappa shape index (κ1) is 21.1. The van der Waals surface area contributed by atoms with Gasteiger partial charge in [0.15, 0.2) is 16.6 Å². The fourth-order valence-electron chi connectivity index (χ4n) is 4.60. The standard InChI is InChI=1S/C25H19N5O4S/c31-30(32)18-6-3-5-16(13-18)28-12-4-8-20(28)24-23(19-7-1-2-11-26-19)27-25(35)29(24)17-9-10-21-22(14-17)34-15-33-21/h1-14,23-24H,15H2,(H,27,35)/t23-,24+/m1/s1. The zero-order valence-electron chi connectivity index (χ0n) is 18.3. The number of anilines is 1. The molecule has 2 aliphatic rings. The van der Waals surface area contributed by atoms with Crippen LogP contribution in [-0.2, 0) is 0 Å². The first-order valence-corrected chi connectivity index (χ1v) is 11.3. The molecule has 1 fully saturated rings. The number of pyridine rings is 1. The minimum Gasteiger partial charge on any atom is -0.454 e. The molecule has 2 atom stereocenters. The normalized spacial score (nSPS) is 18.5. The van der Waals surface area contributed by atoms with Crippen LogP contribution in [0.5, 0.6) is 11.5 Å². The Labute approximate surface area is 205 Å². The molecule has 0 saturated carbocycles. The van der Waals surface area contributed by atoms with E-state index in [1.165, 1.54) is 6.07 Å². The van der Waals surface area contributed by atoms with Crippen LogP contribution in [0.2, 0.25) is 0 Å². The molecule has 10 heteroatoms. The second-order valence-corrected chi connectivity index (χ2v) is 8.50. The maximum absolute atomic E-state index is 11.4. The molecule has 2 aliphatic heterocycles. The molecule has 1 saturated heterocycles. The number of ether oxygens (including phenoxy) is 2. The maximum Gasteiger partial charge on any atom is 0.271 e. The van der Waals surface area contributed by atoms with Crippen LogP contribution in [0.25, 0.3) is 5.69 Å². The monoisotopic (exact) mass is 485 g/mol. The van der Waals surface area contributed by atoms with Crippen molar-refractivity contribution < 1.29 is 14.4 Å². The SMILES string of the molecule is O=[N+]([O-])c1cccc(-n2cccc2[C@H]2[C@@H](c3ccccn3)NC(=S)N2c2ccc3c(c2)OCO3)c1.